The summed E-state index contributed by atoms with van der Waals surface area (Å²) in [6, 6.07) is 9.44. The number of amides is 1. The summed E-state index contributed by atoms with van der Waals surface area (Å²) >= 11 is 0. The molecule has 0 aliphatic carbocycles. The van der Waals surface area contributed by atoms with Crippen molar-refractivity contribution in [2.45, 2.75) is 6.54 Å². The number of fused-ring (bicyclic) bond motifs is 1. The van der Waals surface area contributed by atoms with Crippen molar-refractivity contribution in [2.24, 2.45) is 0 Å². The summed E-state index contributed by atoms with van der Waals surface area (Å²) in [5.74, 6) is 1.24. The van der Waals surface area contributed by atoms with Crippen LogP contribution in [0.5, 0.6) is 11.5 Å². The van der Waals surface area contributed by atoms with Gasteiger partial charge in [0.15, 0.2) is 22.8 Å². The minimum atomic E-state index is -0.219. The molecule has 1 saturated heterocycles. The third-order valence-corrected chi connectivity index (χ3v) is 4.95. The van der Waals surface area contributed by atoms with E-state index in [1.165, 1.54) is 0 Å². The fourth-order valence-electron chi connectivity index (χ4n) is 3.40. The van der Waals surface area contributed by atoms with Gasteiger partial charge in [-0.25, -0.2) is 14.5 Å². The molecule has 0 spiro atoms. The van der Waals surface area contributed by atoms with Crippen LogP contribution in [0.4, 0.5) is 0 Å². The van der Waals surface area contributed by atoms with Gasteiger partial charge in [-0.2, -0.15) is 5.10 Å². The second-order valence-corrected chi connectivity index (χ2v) is 6.85. The highest BCUT2D eigenvalue weighted by Crippen LogP contribution is 2.28. The highest BCUT2D eigenvalue weighted by atomic mass is 16.5. The molecule has 1 fully saturated rings. The highest BCUT2D eigenvalue weighted by molar-refractivity contribution is 5.92. The van der Waals surface area contributed by atoms with E-state index in [1.54, 1.807) is 43.3 Å². The van der Waals surface area contributed by atoms with E-state index in [4.69, 9.17) is 9.47 Å². The summed E-state index contributed by atoms with van der Waals surface area (Å²) in [5.41, 5.74) is 5.11. The van der Waals surface area contributed by atoms with E-state index >= 15 is 0 Å². The first kappa shape index (κ1) is 19.2. The lowest BCUT2D eigenvalue weighted by Gasteiger charge is -2.34. The zero-order valence-corrected chi connectivity index (χ0v) is 16.5. The number of nitrogens with one attached hydrogen (secondary N) is 1. The lowest BCUT2D eigenvalue weighted by atomic mass is 10.1. The Morgan fingerprint density at radius 1 is 1.10 bits per heavy atom. The Balaban J connectivity index is 1.30. The molecule has 2 aromatic heterocycles. The molecular formula is C20H24N6O3. The van der Waals surface area contributed by atoms with E-state index in [0.29, 0.717) is 11.3 Å². The van der Waals surface area contributed by atoms with E-state index in [1.807, 2.05) is 23.2 Å². The van der Waals surface area contributed by atoms with E-state index in [-0.39, 0.29) is 5.91 Å². The number of nitrogens with zero attached hydrogens (tertiary/aromatic N) is 5. The molecular weight excluding hydrogens is 372 g/mol. The number of benzene rings is 1. The van der Waals surface area contributed by atoms with Crippen molar-refractivity contribution in [1.82, 2.24) is 29.9 Å². The second kappa shape index (κ2) is 8.46. The fraction of sp³-hybridized carbons (Fsp3) is 0.350. The number of hydrogen-bond donors (Lipinski definition) is 1. The van der Waals surface area contributed by atoms with Crippen LogP contribution in [0.25, 0.3) is 5.65 Å². The Hall–Kier alpha value is -3.17. The molecule has 0 saturated carbocycles. The SMILES string of the molecule is COc1ccc(CN2CCN(NC(=O)c3cc4ncccn4n3)CC2)cc1OC. The molecule has 152 valence electrons. The van der Waals surface area contributed by atoms with Crippen molar-refractivity contribution in [3.8, 4) is 11.5 Å². The maximum Gasteiger partial charge on any atom is 0.286 e. The van der Waals surface area contributed by atoms with Crippen LogP contribution in [-0.4, -0.2) is 70.8 Å². The van der Waals surface area contributed by atoms with E-state index in [0.717, 1.165) is 49.8 Å². The first-order valence-electron chi connectivity index (χ1n) is 9.46. The van der Waals surface area contributed by atoms with Crippen LogP contribution < -0.4 is 14.9 Å². The summed E-state index contributed by atoms with van der Waals surface area (Å²) in [7, 11) is 3.27. The van der Waals surface area contributed by atoms with Gasteiger partial charge in [-0.15, -0.1) is 0 Å². The smallest absolute Gasteiger partial charge is 0.286 e. The molecule has 4 rings (SSSR count). The molecule has 29 heavy (non-hydrogen) atoms. The summed E-state index contributed by atoms with van der Waals surface area (Å²) in [6.07, 6.45) is 3.45. The van der Waals surface area contributed by atoms with Crippen molar-refractivity contribution < 1.29 is 14.3 Å². The van der Waals surface area contributed by atoms with Crippen LogP contribution in [0.15, 0.2) is 42.7 Å². The molecule has 0 bridgehead atoms. The van der Waals surface area contributed by atoms with Gasteiger partial charge < -0.3 is 9.47 Å². The molecule has 0 atom stereocenters. The van der Waals surface area contributed by atoms with Gasteiger partial charge in [-0.05, 0) is 23.8 Å². The van der Waals surface area contributed by atoms with E-state index < -0.39 is 0 Å². The van der Waals surface area contributed by atoms with Crippen molar-refractivity contribution in [3.05, 3.63) is 54.0 Å². The summed E-state index contributed by atoms with van der Waals surface area (Å²) < 4.78 is 12.3. The standard InChI is InChI=1S/C20H24N6O3/c1-28-17-5-4-15(12-18(17)29-2)14-24-8-10-25(11-9-24)23-20(27)16-13-19-21-6-3-7-26(19)22-16/h3-7,12-13H,8-11,14H2,1-2H3,(H,23,27). The van der Waals surface area contributed by atoms with Crippen LogP contribution in [0.1, 0.15) is 16.1 Å². The molecule has 9 nitrogen and oxygen atoms in total. The molecule has 3 aromatic rings. The molecule has 3 heterocycles. The fourth-order valence-corrected chi connectivity index (χ4v) is 3.40. The largest absolute Gasteiger partial charge is 0.493 e. The average molecular weight is 396 g/mol. The molecule has 1 N–H and O–H groups in total. The molecule has 1 aliphatic heterocycles. The van der Waals surface area contributed by atoms with Gasteiger partial charge >= 0.3 is 0 Å². The molecule has 0 radical (unpaired) electrons. The highest BCUT2D eigenvalue weighted by Gasteiger charge is 2.21. The maximum absolute atomic E-state index is 12.5. The number of rotatable bonds is 6. The first-order chi connectivity index (χ1) is 14.2. The number of carbonyl (C=O) groups is 1. The third-order valence-electron chi connectivity index (χ3n) is 4.95. The maximum atomic E-state index is 12.5. The van der Waals surface area contributed by atoms with Crippen LogP contribution in [-0.2, 0) is 6.54 Å². The third kappa shape index (κ3) is 4.30. The molecule has 1 aromatic carbocycles. The summed E-state index contributed by atoms with van der Waals surface area (Å²) in [6.45, 7) is 4.00. The number of carbonyl (C=O) groups excluding carboxylic acids is 1. The molecule has 0 unspecified atom stereocenters. The Kier molecular flexibility index (Phi) is 5.59. The van der Waals surface area contributed by atoms with Gasteiger partial charge in [-0.1, -0.05) is 6.07 Å². The quantitative estimate of drug-likeness (QED) is 0.670. The lowest BCUT2D eigenvalue weighted by molar-refractivity contribution is 0.0600. The number of aromatic nitrogens is 3. The zero-order valence-electron chi connectivity index (χ0n) is 16.5. The Labute approximate surface area is 168 Å². The van der Waals surface area contributed by atoms with Crippen molar-refractivity contribution in [2.75, 3.05) is 40.4 Å². The van der Waals surface area contributed by atoms with Gasteiger partial charge in [0.1, 0.15) is 0 Å². The van der Waals surface area contributed by atoms with E-state index in [9.17, 15) is 4.79 Å². The lowest BCUT2D eigenvalue weighted by Crippen LogP contribution is -2.53. The number of hydrogen-bond acceptors (Lipinski definition) is 7. The minimum Gasteiger partial charge on any atom is -0.493 e. The number of hydrazine groups is 1. The predicted molar refractivity (Wildman–Crippen MR) is 107 cm³/mol. The summed E-state index contributed by atoms with van der Waals surface area (Å²) in [5, 5.41) is 6.20. The van der Waals surface area contributed by atoms with Crippen molar-refractivity contribution >= 4 is 11.6 Å². The van der Waals surface area contributed by atoms with Crippen LogP contribution in [0.3, 0.4) is 0 Å². The molecule has 1 aliphatic rings. The van der Waals surface area contributed by atoms with Gasteiger partial charge in [0.05, 0.1) is 14.2 Å². The second-order valence-electron chi connectivity index (χ2n) is 6.85. The normalized spacial score (nSPS) is 15.4. The first-order valence-corrected chi connectivity index (χ1v) is 9.46. The van der Waals surface area contributed by atoms with Crippen LogP contribution >= 0.6 is 0 Å². The number of methoxy groups -OCH3 is 2. The zero-order chi connectivity index (χ0) is 20.2. The molecule has 9 heteroatoms. The van der Waals surface area contributed by atoms with Gasteiger partial charge in [0.2, 0.25) is 0 Å². The average Bonchev–Trinajstić information content (AvgIpc) is 3.19. The van der Waals surface area contributed by atoms with Crippen LogP contribution in [0.2, 0.25) is 0 Å². The molecule has 1 amide bonds. The van der Waals surface area contributed by atoms with Gasteiger partial charge in [0, 0.05) is 51.2 Å². The van der Waals surface area contributed by atoms with Gasteiger partial charge in [0.25, 0.3) is 5.91 Å². The summed E-state index contributed by atoms with van der Waals surface area (Å²) in [4.78, 5) is 19.0. The predicted octanol–water partition coefficient (Wildman–Crippen LogP) is 1.21. The van der Waals surface area contributed by atoms with Crippen LogP contribution in [0, 0.1) is 0 Å². The Morgan fingerprint density at radius 2 is 1.90 bits per heavy atom. The topological polar surface area (TPSA) is 84.2 Å². The Morgan fingerprint density at radius 3 is 2.62 bits per heavy atom. The van der Waals surface area contributed by atoms with Gasteiger partial charge in [-0.3, -0.25) is 15.1 Å². The van der Waals surface area contributed by atoms with Crippen molar-refractivity contribution in [1.29, 1.82) is 0 Å². The van der Waals surface area contributed by atoms with E-state index in [2.05, 4.69) is 20.4 Å². The number of ether oxygens (including phenoxy) is 2. The minimum absolute atomic E-state index is 0.219. The Bertz CT molecular complexity index is 964. The number of piperazine rings is 1. The monoisotopic (exact) mass is 396 g/mol. The van der Waals surface area contributed by atoms with Crippen molar-refractivity contribution in [3.63, 3.8) is 0 Å².